The zero-order valence-electron chi connectivity index (χ0n) is 14.3. The second-order valence-electron chi connectivity index (χ2n) is 5.82. The van der Waals surface area contributed by atoms with E-state index in [0.717, 1.165) is 24.4 Å². The fraction of sp³-hybridized carbons (Fsp3) is 0.588. The standard InChI is InChI=1S/C17H28N4O.HI/c1-4-21-9-5-6-15(21)12-20-17(18)19-11-14-8-7-13(2)10-16(14)22-3;/h7-8,10,15H,4-6,9,11-12H2,1-3H3,(H3,18,19,20);1H. The molecule has 5 nitrogen and oxygen atoms in total. The van der Waals surface area contributed by atoms with Crippen LogP contribution in [-0.4, -0.2) is 43.6 Å². The summed E-state index contributed by atoms with van der Waals surface area (Å²) in [5, 5.41) is 3.25. The first-order chi connectivity index (χ1) is 10.6. The van der Waals surface area contributed by atoms with Gasteiger partial charge in [-0.25, -0.2) is 4.99 Å². The van der Waals surface area contributed by atoms with Crippen molar-refractivity contribution >= 4 is 29.9 Å². The Hall–Kier alpha value is -1.02. The van der Waals surface area contributed by atoms with Crippen LogP contribution >= 0.6 is 24.0 Å². The number of nitrogens with zero attached hydrogens (tertiary/aromatic N) is 2. The Labute approximate surface area is 156 Å². The Morgan fingerprint density at radius 2 is 2.26 bits per heavy atom. The highest BCUT2D eigenvalue weighted by molar-refractivity contribution is 14.0. The van der Waals surface area contributed by atoms with Gasteiger partial charge in [0.2, 0.25) is 0 Å². The Bertz CT molecular complexity index is 521. The molecule has 1 aromatic carbocycles. The molecule has 1 atom stereocenters. The minimum absolute atomic E-state index is 0. The molecule has 6 heteroatoms. The number of ether oxygens (including phenoxy) is 1. The number of nitrogens with two attached hydrogens (primary N) is 1. The van der Waals surface area contributed by atoms with Gasteiger partial charge in [-0.2, -0.15) is 0 Å². The van der Waals surface area contributed by atoms with Gasteiger partial charge in [0.1, 0.15) is 5.75 Å². The summed E-state index contributed by atoms with van der Waals surface area (Å²) in [7, 11) is 1.68. The molecule has 0 spiro atoms. The van der Waals surface area contributed by atoms with Gasteiger partial charge in [-0.3, -0.25) is 4.90 Å². The molecule has 2 rings (SSSR count). The van der Waals surface area contributed by atoms with Crippen molar-refractivity contribution in [3.8, 4) is 5.75 Å². The molecule has 1 aromatic rings. The van der Waals surface area contributed by atoms with E-state index in [1.54, 1.807) is 7.11 Å². The lowest BCUT2D eigenvalue weighted by Crippen LogP contribution is -2.42. The van der Waals surface area contributed by atoms with E-state index in [-0.39, 0.29) is 24.0 Å². The first-order valence-electron chi connectivity index (χ1n) is 8.05. The normalized spacial score (nSPS) is 18.6. The molecule has 0 aromatic heterocycles. The average Bonchev–Trinajstić information content (AvgIpc) is 2.99. The summed E-state index contributed by atoms with van der Waals surface area (Å²) in [6.45, 7) is 7.95. The van der Waals surface area contributed by atoms with E-state index in [4.69, 9.17) is 10.5 Å². The number of likely N-dealkylation sites (tertiary alicyclic amines) is 1. The SMILES string of the molecule is CCN1CCCC1CNC(N)=NCc1ccc(C)cc1OC.I. The van der Waals surface area contributed by atoms with Gasteiger partial charge in [0, 0.05) is 18.2 Å². The van der Waals surface area contributed by atoms with Gasteiger partial charge in [-0.15, -0.1) is 24.0 Å². The topological polar surface area (TPSA) is 62.9 Å². The summed E-state index contributed by atoms with van der Waals surface area (Å²) >= 11 is 0. The maximum Gasteiger partial charge on any atom is 0.188 e. The first-order valence-corrected chi connectivity index (χ1v) is 8.05. The number of guanidine groups is 1. The van der Waals surface area contributed by atoms with E-state index in [1.165, 1.54) is 24.9 Å². The highest BCUT2D eigenvalue weighted by Crippen LogP contribution is 2.20. The Kier molecular flexibility index (Phi) is 8.68. The van der Waals surface area contributed by atoms with Gasteiger partial charge in [-0.1, -0.05) is 19.1 Å². The van der Waals surface area contributed by atoms with Gasteiger partial charge in [-0.05, 0) is 44.5 Å². The van der Waals surface area contributed by atoms with Gasteiger partial charge in [0.25, 0.3) is 0 Å². The predicted octanol–water partition coefficient (Wildman–Crippen LogP) is 2.51. The number of methoxy groups -OCH3 is 1. The first kappa shape index (κ1) is 20.0. The molecule has 1 fully saturated rings. The Balaban J connectivity index is 0.00000264. The zero-order valence-corrected chi connectivity index (χ0v) is 16.7. The molecular formula is C17H29IN4O. The molecule has 0 saturated carbocycles. The highest BCUT2D eigenvalue weighted by atomic mass is 127. The van der Waals surface area contributed by atoms with Crippen molar-refractivity contribution in [3.63, 3.8) is 0 Å². The van der Waals surface area contributed by atoms with Crippen LogP contribution in [-0.2, 0) is 6.54 Å². The molecular weight excluding hydrogens is 403 g/mol. The van der Waals surface area contributed by atoms with Crippen LogP contribution in [0.1, 0.15) is 30.9 Å². The van der Waals surface area contributed by atoms with Crippen molar-refractivity contribution in [1.82, 2.24) is 10.2 Å². The molecule has 130 valence electrons. The number of aliphatic imine (C=N–C) groups is 1. The largest absolute Gasteiger partial charge is 0.496 e. The number of hydrogen-bond donors (Lipinski definition) is 2. The molecule has 0 aliphatic carbocycles. The number of nitrogens with one attached hydrogen (secondary N) is 1. The molecule has 0 bridgehead atoms. The monoisotopic (exact) mass is 432 g/mol. The van der Waals surface area contributed by atoms with Crippen LogP contribution in [0.25, 0.3) is 0 Å². The molecule has 1 unspecified atom stereocenters. The van der Waals surface area contributed by atoms with Crippen LogP contribution in [0.5, 0.6) is 5.75 Å². The van der Waals surface area contributed by atoms with Crippen LogP contribution in [0.3, 0.4) is 0 Å². The predicted molar refractivity (Wildman–Crippen MR) is 107 cm³/mol. The highest BCUT2D eigenvalue weighted by Gasteiger charge is 2.22. The fourth-order valence-electron chi connectivity index (χ4n) is 2.97. The van der Waals surface area contributed by atoms with Crippen molar-refractivity contribution in [2.75, 3.05) is 26.7 Å². The molecule has 1 aliphatic heterocycles. The fourth-order valence-corrected chi connectivity index (χ4v) is 2.97. The maximum atomic E-state index is 5.99. The van der Waals surface area contributed by atoms with Crippen molar-refractivity contribution in [3.05, 3.63) is 29.3 Å². The van der Waals surface area contributed by atoms with Gasteiger partial charge in [0.15, 0.2) is 5.96 Å². The van der Waals surface area contributed by atoms with Crippen molar-refractivity contribution < 1.29 is 4.74 Å². The van der Waals surface area contributed by atoms with E-state index in [1.807, 2.05) is 19.1 Å². The lowest BCUT2D eigenvalue weighted by Gasteiger charge is -2.23. The third-order valence-corrected chi connectivity index (χ3v) is 4.29. The van der Waals surface area contributed by atoms with Crippen LogP contribution in [0.2, 0.25) is 0 Å². The third-order valence-electron chi connectivity index (χ3n) is 4.29. The summed E-state index contributed by atoms with van der Waals surface area (Å²) in [5.41, 5.74) is 8.21. The van der Waals surface area contributed by atoms with Crippen molar-refractivity contribution in [2.45, 2.75) is 39.3 Å². The number of aryl methyl sites for hydroxylation is 1. The lowest BCUT2D eigenvalue weighted by atomic mass is 10.1. The van der Waals surface area contributed by atoms with E-state index < -0.39 is 0 Å². The van der Waals surface area contributed by atoms with E-state index in [2.05, 4.69) is 28.2 Å². The second kappa shape index (κ2) is 9.97. The molecule has 3 N–H and O–H groups in total. The molecule has 23 heavy (non-hydrogen) atoms. The number of halogens is 1. The minimum Gasteiger partial charge on any atom is -0.496 e. The summed E-state index contributed by atoms with van der Waals surface area (Å²) < 4.78 is 5.39. The van der Waals surface area contributed by atoms with Crippen LogP contribution in [0.15, 0.2) is 23.2 Å². The quantitative estimate of drug-likeness (QED) is 0.412. The van der Waals surface area contributed by atoms with E-state index >= 15 is 0 Å². The summed E-state index contributed by atoms with van der Waals surface area (Å²) in [5.74, 6) is 1.37. The molecule has 0 radical (unpaired) electrons. The van der Waals surface area contributed by atoms with E-state index in [0.29, 0.717) is 18.5 Å². The van der Waals surface area contributed by atoms with Gasteiger partial charge < -0.3 is 15.8 Å². The maximum absolute atomic E-state index is 5.99. The Morgan fingerprint density at radius 1 is 1.48 bits per heavy atom. The van der Waals surface area contributed by atoms with Crippen LogP contribution in [0, 0.1) is 6.92 Å². The summed E-state index contributed by atoms with van der Waals surface area (Å²) in [6.07, 6.45) is 2.51. The number of benzene rings is 1. The Morgan fingerprint density at radius 3 is 2.96 bits per heavy atom. The number of rotatable bonds is 6. The number of hydrogen-bond acceptors (Lipinski definition) is 3. The summed E-state index contributed by atoms with van der Waals surface area (Å²) in [4.78, 5) is 6.92. The zero-order chi connectivity index (χ0) is 15.9. The average molecular weight is 432 g/mol. The summed E-state index contributed by atoms with van der Waals surface area (Å²) in [6, 6.07) is 6.70. The molecule has 1 heterocycles. The molecule has 0 amide bonds. The van der Waals surface area contributed by atoms with Crippen LogP contribution < -0.4 is 15.8 Å². The van der Waals surface area contributed by atoms with Crippen LogP contribution in [0.4, 0.5) is 0 Å². The third kappa shape index (κ3) is 5.84. The van der Waals surface area contributed by atoms with Crippen molar-refractivity contribution in [2.24, 2.45) is 10.7 Å². The second-order valence-corrected chi connectivity index (χ2v) is 5.82. The molecule has 1 saturated heterocycles. The number of likely N-dealkylation sites (N-methyl/N-ethyl adjacent to an activating group) is 1. The smallest absolute Gasteiger partial charge is 0.188 e. The minimum atomic E-state index is 0. The van der Waals surface area contributed by atoms with Crippen molar-refractivity contribution in [1.29, 1.82) is 0 Å². The molecule has 1 aliphatic rings. The van der Waals surface area contributed by atoms with E-state index in [9.17, 15) is 0 Å². The lowest BCUT2D eigenvalue weighted by molar-refractivity contribution is 0.267. The van der Waals surface area contributed by atoms with Gasteiger partial charge in [0.05, 0.1) is 13.7 Å². The van der Waals surface area contributed by atoms with Gasteiger partial charge >= 0.3 is 0 Å².